The van der Waals surface area contributed by atoms with Gasteiger partial charge in [0.2, 0.25) is 17.8 Å². The molecule has 7 nitrogen and oxygen atoms in total. The Bertz CT molecular complexity index is 396. The lowest BCUT2D eigenvalue weighted by molar-refractivity contribution is 0.184. The van der Waals surface area contributed by atoms with Gasteiger partial charge in [0.15, 0.2) is 0 Å². The number of hydrogen-bond donors (Lipinski definition) is 2. The fourth-order valence-corrected chi connectivity index (χ4v) is 1.83. The third-order valence-electron chi connectivity index (χ3n) is 3.09. The summed E-state index contributed by atoms with van der Waals surface area (Å²) >= 11 is 0. The van der Waals surface area contributed by atoms with E-state index >= 15 is 0 Å². The zero-order valence-corrected chi connectivity index (χ0v) is 13.1. The zero-order chi connectivity index (χ0) is 15.0. The molecular weight excluding hydrogens is 256 g/mol. The van der Waals surface area contributed by atoms with Gasteiger partial charge in [0.1, 0.15) is 0 Å². The molecule has 0 saturated heterocycles. The number of nitrogens with zero attached hydrogens (tertiary/aromatic N) is 4. The van der Waals surface area contributed by atoms with Gasteiger partial charge in [-0.05, 0) is 20.3 Å². The number of anilines is 3. The molecule has 20 heavy (non-hydrogen) atoms. The van der Waals surface area contributed by atoms with Gasteiger partial charge in [-0.25, -0.2) is 0 Å². The largest absolute Gasteiger partial charge is 0.383 e. The Kier molecular flexibility index (Phi) is 7.00. The highest BCUT2D eigenvalue weighted by Crippen LogP contribution is 2.14. The first-order valence-electron chi connectivity index (χ1n) is 7.12. The maximum absolute atomic E-state index is 5.18. The maximum atomic E-state index is 5.18. The molecule has 1 rings (SSSR count). The number of ether oxygens (including phenoxy) is 1. The molecule has 0 aromatic carbocycles. The number of rotatable bonds is 9. The zero-order valence-electron chi connectivity index (χ0n) is 13.1. The van der Waals surface area contributed by atoms with E-state index in [-0.39, 0.29) is 6.04 Å². The molecule has 1 atom stereocenters. The summed E-state index contributed by atoms with van der Waals surface area (Å²) in [4.78, 5) is 15.3. The molecule has 1 unspecified atom stereocenters. The van der Waals surface area contributed by atoms with Crippen molar-refractivity contribution >= 4 is 17.8 Å². The maximum Gasteiger partial charge on any atom is 0.231 e. The number of nitrogens with one attached hydrogen (secondary N) is 2. The standard InChI is InChI=1S/C13H26N6O/c1-6-10(9-20-5)15-12-16-11(14-4)17-13(18-12)19(7-2)8-3/h10H,6-9H2,1-5H3,(H2,14,15,16,17,18). The highest BCUT2D eigenvalue weighted by atomic mass is 16.5. The van der Waals surface area contributed by atoms with Crippen LogP contribution in [0.15, 0.2) is 0 Å². The summed E-state index contributed by atoms with van der Waals surface area (Å²) in [6, 6.07) is 0.191. The molecular formula is C13H26N6O. The van der Waals surface area contributed by atoms with Crippen molar-refractivity contribution in [3.63, 3.8) is 0 Å². The fourth-order valence-electron chi connectivity index (χ4n) is 1.83. The predicted octanol–water partition coefficient (Wildman–Crippen LogP) is 1.60. The van der Waals surface area contributed by atoms with Gasteiger partial charge >= 0.3 is 0 Å². The van der Waals surface area contributed by atoms with Crippen molar-refractivity contribution < 1.29 is 4.74 Å². The Labute approximate surface area is 121 Å². The van der Waals surface area contributed by atoms with Crippen LogP contribution in [0.3, 0.4) is 0 Å². The summed E-state index contributed by atoms with van der Waals surface area (Å²) in [5.41, 5.74) is 0. The predicted molar refractivity (Wildman–Crippen MR) is 82.5 cm³/mol. The summed E-state index contributed by atoms with van der Waals surface area (Å²) in [6.07, 6.45) is 0.939. The highest BCUT2D eigenvalue weighted by molar-refractivity contribution is 5.43. The van der Waals surface area contributed by atoms with Gasteiger partial charge < -0.3 is 20.3 Å². The first-order chi connectivity index (χ1) is 9.68. The first kappa shape index (κ1) is 16.4. The minimum absolute atomic E-state index is 0.191. The van der Waals surface area contributed by atoms with E-state index in [1.807, 2.05) is 0 Å². The minimum Gasteiger partial charge on any atom is -0.383 e. The quantitative estimate of drug-likeness (QED) is 0.712. The fraction of sp³-hybridized carbons (Fsp3) is 0.769. The van der Waals surface area contributed by atoms with Crippen molar-refractivity contribution in [1.82, 2.24) is 15.0 Å². The Morgan fingerprint density at radius 3 is 2.25 bits per heavy atom. The Morgan fingerprint density at radius 1 is 1.10 bits per heavy atom. The van der Waals surface area contributed by atoms with Gasteiger partial charge in [0.05, 0.1) is 12.6 Å². The van der Waals surface area contributed by atoms with Crippen LogP contribution in [0.25, 0.3) is 0 Å². The van der Waals surface area contributed by atoms with Gasteiger partial charge in [0, 0.05) is 27.2 Å². The smallest absolute Gasteiger partial charge is 0.231 e. The van der Waals surface area contributed by atoms with Gasteiger partial charge in [-0.2, -0.15) is 15.0 Å². The molecule has 0 aliphatic rings. The molecule has 1 heterocycles. The van der Waals surface area contributed by atoms with Crippen LogP contribution < -0.4 is 15.5 Å². The van der Waals surface area contributed by atoms with E-state index < -0.39 is 0 Å². The van der Waals surface area contributed by atoms with E-state index in [0.29, 0.717) is 24.5 Å². The molecule has 0 aliphatic heterocycles. The number of aromatic nitrogens is 3. The monoisotopic (exact) mass is 282 g/mol. The van der Waals surface area contributed by atoms with Gasteiger partial charge in [-0.1, -0.05) is 6.92 Å². The van der Waals surface area contributed by atoms with Crippen LogP contribution in [-0.4, -0.2) is 54.8 Å². The summed E-state index contributed by atoms with van der Waals surface area (Å²) in [6.45, 7) is 8.61. The molecule has 0 amide bonds. The first-order valence-corrected chi connectivity index (χ1v) is 7.12. The van der Waals surface area contributed by atoms with Crippen LogP contribution in [-0.2, 0) is 4.74 Å². The minimum atomic E-state index is 0.191. The second-order valence-electron chi connectivity index (χ2n) is 4.41. The summed E-state index contributed by atoms with van der Waals surface area (Å²) < 4.78 is 5.18. The highest BCUT2D eigenvalue weighted by Gasteiger charge is 2.13. The molecule has 1 aromatic heterocycles. The van der Waals surface area contributed by atoms with E-state index in [2.05, 4.69) is 51.3 Å². The lowest BCUT2D eigenvalue weighted by Crippen LogP contribution is -2.28. The Hall–Kier alpha value is -1.63. The van der Waals surface area contributed by atoms with Crippen molar-refractivity contribution in [3.8, 4) is 0 Å². The molecule has 0 saturated carbocycles. The van der Waals surface area contributed by atoms with Gasteiger partial charge in [0.25, 0.3) is 0 Å². The van der Waals surface area contributed by atoms with Crippen LogP contribution in [0.5, 0.6) is 0 Å². The summed E-state index contributed by atoms with van der Waals surface area (Å²) in [5, 5.41) is 6.27. The Balaban J connectivity index is 2.97. The lowest BCUT2D eigenvalue weighted by Gasteiger charge is -2.21. The van der Waals surface area contributed by atoms with E-state index in [1.165, 1.54) is 0 Å². The van der Waals surface area contributed by atoms with Crippen molar-refractivity contribution in [2.45, 2.75) is 33.2 Å². The molecule has 114 valence electrons. The molecule has 2 N–H and O–H groups in total. The average molecular weight is 282 g/mol. The molecule has 0 spiro atoms. The molecule has 0 radical (unpaired) electrons. The third kappa shape index (κ3) is 4.48. The number of hydrogen-bond acceptors (Lipinski definition) is 7. The van der Waals surface area contributed by atoms with Crippen LogP contribution in [0.2, 0.25) is 0 Å². The lowest BCUT2D eigenvalue weighted by atomic mass is 10.2. The molecule has 1 aromatic rings. The van der Waals surface area contributed by atoms with E-state index in [9.17, 15) is 0 Å². The second kappa shape index (κ2) is 8.52. The van der Waals surface area contributed by atoms with Crippen LogP contribution >= 0.6 is 0 Å². The topological polar surface area (TPSA) is 75.2 Å². The van der Waals surface area contributed by atoms with Crippen molar-refractivity contribution in [2.24, 2.45) is 0 Å². The van der Waals surface area contributed by atoms with Crippen molar-refractivity contribution in [1.29, 1.82) is 0 Å². The molecule has 0 fully saturated rings. The summed E-state index contributed by atoms with van der Waals surface area (Å²) in [5.74, 6) is 1.83. The van der Waals surface area contributed by atoms with E-state index in [1.54, 1.807) is 14.2 Å². The van der Waals surface area contributed by atoms with Crippen LogP contribution in [0.4, 0.5) is 17.8 Å². The Morgan fingerprint density at radius 2 is 1.75 bits per heavy atom. The third-order valence-corrected chi connectivity index (χ3v) is 3.09. The normalized spacial score (nSPS) is 12.1. The van der Waals surface area contributed by atoms with Gasteiger partial charge in [-0.15, -0.1) is 0 Å². The summed E-state index contributed by atoms with van der Waals surface area (Å²) in [7, 11) is 3.50. The van der Waals surface area contributed by atoms with Crippen molar-refractivity contribution in [3.05, 3.63) is 0 Å². The van der Waals surface area contributed by atoms with Crippen LogP contribution in [0, 0.1) is 0 Å². The van der Waals surface area contributed by atoms with E-state index in [0.717, 1.165) is 19.5 Å². The van der Waals surface area contributed by atoms with Gasteiger partial charge in [-0.3, -0.25) is 0 Å². The molecule has 7 heteroatoms. The molecule has 0 aliphatic carbocycles. The van der Waals surface area contributed by atoms with E-state index in [4.69, 9.17) is 4.74 Å². The number of methoxy groups -OCH3 is 1. The van der Waals surface area contributed by atoms with Crippen LogP contribution in [0.1, 0.15) is 27.2 Å². The SMILES string of the molecule is CCC(COC)Nc1nc(NC)nc(N(CC)CC)n1. The van der Waals surface area contributed by atoms with Crippen molar-refractivity contribution in [2.75, 3.05) is 49.4 Å². The average Bonchev–Trinajstić information content (AvgIpc) is 2.47. The second-order valence-corrected chi connectivity index (χ2v) is 4.41. The molecule has 0 bridgehead atoms.